The number of hydrogen-bond donors (Lipinski definition) is 1. The zero-order valence-corrected chi connectivity index (χ0v) is 13.4. The van der Waals surface area contributed by atoms with Crippen LogP contribution in [-0.2, 0) is 0 Å². The van der Waals surface area contributed by atoms with Gasteiger partial charge in [-0.2, -0.15) is 11.8 Å². The van der Waals surface area contributed by atoms with Gasteiger partial charge in [-0.25, -0.2) is 0 Å². The van der Waals surface area contributed by atoms with Crippen LogP contribution < -0.4 is 5.32 Å². The zero-order chi connectivity index (χ0) is 13.4. The van der Waals surface area contributed by atoms with E-state index >= 15 is 0 Å². The van der Waals surface area contributed by atoms with Crippen molar-refractivity contribution < 1.29 is 0 Å². The van der Waals surface area contributed by atoms with Gasteiger partial charge in [0.15, 0.2) is 0 Å². The van der Waals surface area contributed by atoms with E-state index in [4.69, 9.17) is 0 Å². The van der Waals surface area contributed by atoms with Crippen LogP contribution >= 0.6 is 11.8 Å². The molecule has 2 unspecified atom stereocenters. The summed E-state index contributed by atoms with van der Waals surface area (Å²) in [6.07, 6.45) is 0. The van der Waals surface area contributed by atoms with Crippen LogP contribution in [0.25, 0.3) is 0 Å². The molecule has 1 aliphatic rings. The van der Waals surface area contributed by atoms with Gasteiger partial charge in [0, 0.05) is 49.8 Å². The Morgan fingerprint density at radius 1 is 1.22 bits per heavy atom. The van der Waals surface area contributed by atoms with E-state index in [1.54, 1.807) is 0 Å². The first kappa shape index (κ1) is 16.3. The van der Waals surface area contributed by atoms with E-state index < -0.39 is 0 Å². The summed E-state index contributed by atoms with van der Waals surface area (Å²) in [6, 6.07) is 0.730. The Kier molecular flexibility index (Phi) is 8.31. The Hall–Kier alpha value is 0.230. The maximum absolute atomic E-state index is 3.58. The molecule has 0 aliphatic carbocycles. The molecule has 0 aromatic rings. The minimum Gasteiger partial charge on any atom is -0.314 e. The maximum atomic E-state index is 3.58. The highest BCUT2D eigenvalue weighted by Crippen LogP contribution is 2.23. The van der Waals surface area contributed by atoms with Crippen LogP contribution in [0.1, 0.15) is 27.7 Å². The summed E-state index contributed by atoms with van der Waals surface area (Å²) < 4.78 is 0. The van der Waals surface area contributed by atoms with Crippen molar-refractivity contribution in [2.24, 2.45) is 0 Å². The molecule has 2 atom stereocenters. The minimum atomic E-state index is 0.730. The van der Waals surface area contributed by atoms with Crippen molar-refractivity contribution in [3.8, 4) is 0 Å². The topological polar surface area (TPSA) is 18.5 Å². The molecule has 0 bridgehead atoms. The van der Waals surface area contributed by atoms with Crippen molar-refractivity contribution in [2.75, 3.05) is 51.6 Å². The number of likely N-dealkylation sites (N-methyl/N-ethyl adjacent to an activating group) is 1. The van der Waals surface area contributed by atoms with Gasteiger partial charge < -0.3 is 10.2 Å². The first-order valence-electron chi connectivity index (χ1n) is 7.47. The van der Waals surface area contributed by atoms with Crippen molar-refractivity contribution in [3.05, 3.63) is 0 Å². The van der Waals surface area contributed by atoms with Gasteiger partial charge in [0.2, 0.25) is 0 Å². The van der Waals surface area contributed by atoms with E-state index in [1.807, 2.05) is 0 Å². The zero-order valence-electron chi connectivity index (χ0n) is 12.6. The van der Waals surface area contributed by atoms with E-state index in [9.17, 15) is 0 Å². The molecule has 1 saturated heterocycles. The van der Waals surface area contributed by atoms with Crippen molar-refractivity contribution >= 4 is 11.8 Å². The van der Waals surface area contributed by atoms with Crippen LogP contribution in [0.5, 0.6) is 0 Å². The van der Waals surface area contributed by atoms with Gasteiger partial charge in [-0.15, -0.1) is 0 Å². The molecule has 1 aliphatic heterocycles. The van der Waals surface area contributed by atoms with Gasteiger partial charge in [-0.05, 0) is 20.0 Å². The van der Waals surface area contributed by atoms with Crippen LogP contribution in [0.4, 0.5) is 0 Å². The second kappa shape index (κ2) is 9.18. The molecule has 1 fully saturated rings. The molecule has 108 valence electrons. The monoisotopic (exact) mass is 273 g/mol. The fourth-order valence-electron chi connectivity index (χ4n) is 2.44. The lowest BCUT2D eigenvalue weighted by Gasteiger charge is -2.37. The summed E-state index contributed by atoms with van der Waals surface area (Å²) in [4.78, 5) is 5.10. The molecular weight excluding hydrogens is 242 g/mol. The highest BCUT2D eigenvalue weighted by Gasteiger charge is 2.24. The molecule has 1 heterocycles. The molecule has 0 saturated carbocycles. The van der Waals surface area contributed by atoms with Gasteiger partial charge in [0.25, 0.3) is 0 Å². The second-order valence-corrected chi connectivity index (χ2v) is 6.61. The normalized spacial score (nSPS) is 25.8. The Morgan fingerprint density at radius 3 is 2.61 bits per heavy atom. The summed E-state index contributed by atoms with van der Waals surface area (Å²) in [5.41, 5.74) is 0. The minimum absolute atomic E-state index is 0.730. The molecule has 0 radical (unpaired) electrons. The molecule has 0 amide bonds. The second-order valence-electron chi connectivity index (χ2n) is 5.13. The predicted molar refractivity (Wildman–Crippen MR) is 83.6 cm³/mol. The predicted octanol–water partition coefficient (Wildman–Crippen LogP) is 1.74. The SMILES string of the molecule is CCN(CC)CCNCCN1CCSC(C)C1C. The summed E-state index contributed by atoms with van der Waals surface area (Å²) in [5, 5.41) is 4.36. The Balaban J connectivity index is 2.06. The molecule has 1 rings (SSSR count). The first-order valence-corrected chi connectivity index (χ1v) is 8.52. The van der Waals surface area contributed by atoms with Gasteiger partial charge in [-0.1, -0.05) is 20.8 Å². The third-order valence-corrected chi connectivity index (χ3v) is 5.43. The number of nitrogens with one attached hydrogen (secondary N) is 1. The van der Waals surface area contributed by atoms with Crippen LogP contribution in [0.3, 0.4) is 0 Å². The average molecular weight is 273 g/mol. The standard InChI is InChI=1S/C14H31N3S/c1-5-16(6-2)9-7-15-8-10-17-11-12-18-14(4)13(17)3/h13-15H,5-12H2,1-4H3. The lowest BCUT2D eigenvalue weighted by atomic mass is 10.2. The van der Waals surface area contributed by atoms with Crippen LogP contribution in [0, 0.1) is 0 Å². The molecule has 3 nitrogen and oxygen atoms in total. The summed E-state index contributed by atoms with van der Waals surface area (Å²) in [7, 11) is 0. The first-order chi connectivity index (χ1) is 8.69. The fraction of sp³-hybridized carbons (Fsp3) is 1.00. The van der Waals surface area contributed by atoms with Crippen molar-refractivity contribution in [2.45, 2.75) is 39.0 Å². The van der Waals surface area contributed by atoms with E-state index in [0.717, 1.165) is 37.5 Å². The van der Waals surface area contributed by atoms with E-state index in [1.165, 1.54) is 25.4 Å². The highest BCUT2D eigenvalue weighted by atomic mass is 32.2. The molecule has 0 aromatic heterocycles. The molecule has 1 N–H and O–H groups in total. The highest BCUT2D eigenvalue weighted by molar-refractivity contribution is 8.00. The van der Waals surface area contributed by atoms with Crippen molar-refractivity contribution in [1.82, 2.24) is 15.1 Å². The van der Waals surface area contributed by atoms with Crippen molar-refractivity contribution in [3.63, 3.8) is 0 Å². The van der Waals surface area contributed by atoms with Gasteiger partial charge >= 0.3 is 0 Å². The van der Waals surface area contributed by atoms with E-state index in [-0.39, 0.29) is 0 Å². The summed E-state index contributed by atoms with van der Waals surface area (Å²) in [6.45, 7) is 17.4. The lowest BCUT2D eigenvalue weighted by molar-refractivity contribution is 0.211. The lowest BCUT2D eigenvalue weighted by Crippen LogP contribution is -2.47. The molecule has 0 aromatic carbocycles. The van der Waals surface area contributed by atoms with Crippen LogP contribution in [0.2, 0.25) is 0 Å². The summed E-state index contributed by atoms with van der Waals surface area (Å²) >= 11 is 2.11. The van der Waals surface area contributed by atoms with E-state index in [0.29, 0.717) is 0 Å². The van der Waals surface area contributed by atoms with Crippen LogP contribution in [-0.4, -0.2) is 72.7 Å². The molecule has 0 spiro atoms. The third-order valence-electron chi connectivity index (χ3n) is 4.09. The summed E-state index contributed by atoms with van der Waals surface area (Å²) in [5.74, 6) is 1.30. The largest absolute Gasteiger partial charge is 0.314 e. The molecular formula is C14H31N3S. The Labute approximate surface area is 118 Å². The Morgan fingerprint density at radius 2 is 1.94 bits per heavy atom. The number of thioether (sulfide) groups is 1. The van der Waals surface area contributed by atoms with Crippen molar-refractivity contribution in [1.29, 1.82) is 0 Å². The van der Waals surface area contributed by atoms with Gasteiger partial charge in [-0.3, -0.25) is 4.90 Å². The third kappa shape index (κ3) is 5.47. The smallest absolute Gasteiger partial charge is 0.0184 e. The van der Waals surface area contributed by atoms with Gasteiger partial charge in [0.05, 0.1) is 0 Å². The van der Waals surface area contributed by atoms with Crippen LogP contribution in [0.15, 0.2) is 0 Å². The average Bonchev–Trinajstić information content (AvgIpc) is 2.38. The maximum Gasteiger partial charge on any atom is 0.0184 e. The number of nitrogens with zero attached hydrogens (tertiary/aromatic N) is 2. The number of rotatable bonds is 8. The van der Waals surface area contributed by atoms with Gasteiger partial charge in [0.1, 0.15) is 0 Å². The number of hydrogen-bond acceptors (Lipinski definition) is 4. The quantitative estimate of drug-likeness (QED) is 0.679. The fourth-order valence-corrected chi connectivity index (χ4v) is 3.60. The molecule has 4 heteroatoms. The molecule has 18 heavy (non-hydrogen) atoms. The Bertz CT molecular complexity index is 209. The van der Waals surface area contributed by atoms with E-state index in [2.05, 4.69) is 54.6 Å².